The lowest BCUT2D eigenvalue weighted by Crippen LogP contribution is -2.53. The first-order chi connectivity index (χ1) is 20.5. The number of rotatable bonds is 5. The van der Waals surface area contributed by atoms with Gasteiger partial charge < -0.3 is 19.5 Å². The van der Waals surface area contributed by atoms with E-state index in [1.807, 2.05) is 28.6 Å². The van der Waals surface area contributed by atoms with Crippen molar-refractivity contribution in [1.82, 2.24) is 29.5 Å². The van der Waals surface area contributed by atoms with Gasteiger partial charge in [0.2, 0.25) is 0 Å². The standard InChI is InChI=1S/C32H39N7O3/c1-21-16-28-26(30-27(31(40)35-28)18-33-39(30)24-8-14-42-15-9-24)17-25(21)32(41)38-13-12-37(22(2)19-38)20-23-6-5-7-29(34-23)36-10-3-4-11-36/h5-7,16-18,22,24H,3-4,8-15,19-20H2,1-2H3,(H,35,40)/t22-/m0/s1. The van der Waals surface area contributed by atoms with Crippen molar-refractivity contribution in [2.24, 2.45) is 0 Å². The highest BCUT2D eigenvalue weighted by Gasteiger charge is 2.29. The van der Waals surface area contributed by atoms with Gasteiger partial charge in [-0.15, -0.1) is 0 Å². The van der Waals surface area contributed by atoms with Crippen molar-refractivity contribution in [3.05, 3.63) is 63.7 Å². The number of piperazine rings is 1. The third-order valence-electron chi connectivity index (χ3n) is 9.31. The van der Waals surface area contributed by atoms with E-state index in [4.69, 9.17) is 9.72 Å². The van der Waals surface area contributed by atoms with Crippen LogP contribution in [-0.4, -0.2) is 87.4 Å². The maximum Gasteiger partial charge on any atom is 0.259 e. The number of nitrogens with zero attached hydrogens (tertiary/aromatic N) is 6. The summed E-state index contributed by atoms with van der Waals surface area (Å²) >= 11 is 0. The van der Waals surface area contributed by atoms with Crippen LogP contribution in [-0.2, 0) is 11.3 Å². The lowest BCUT2D eigenvalue weighted by Gasteiger charge is -2.40. The van der Waals surface area contributed by atoms with E-state index in [2.05, 4.69) is 45.0 Å². The number of benzene rings is 1. The molecule has 1 amide bonds. The number of amides is 1. The highest BCUT2D eigenvalue weighted by atomic mass is 16.5. The van der Waals surface area contributed by atoms with Gasteiger partial charge in [-0.3, -0.25) is 19.2 Å². The van der Waals surface area contributed by atoms with Crippen LogP contribution in [0.4, 0.5) is 5.82 Å². The van der Waals surface area contributed by atoms with Crippen LogP contribution in [0.5, 0.6) is 0 Å². The molecule has 1 N–H and O–H groups in total. The number of carbonyl (C=O) groups excluding carboxylic acids is 1. The van der Waals surface area contributed by atoms with Crippen molar-refractivity contribution >= 4 is 33.5 Å². The minimum atomic E-state index is -0.153. The van der Waals surface area contributed by atoms with Gasteiger partial charge in [0.15, 0.2) is 0 Å². The predicted octanol–water partition coefficient (Wildman–Crippen LogP) is 3.88. The molecule has 1 atom stereocenters. The summed E-state index contributed by atoms with van der Waals surface area (Å²) in [6.07, 6.45) is 5.82. The van der Waals surface area contributed by atoms with E-state index in [1.54, 1.807) is 6.20 Å². The van der Waals surface area contributed by atoms with Crippen LogP contribution >= 0.6 is 0 Å². The Morgan fingerprint density at radius 1 is 1.07 bits per heavy atom. The number of aromatic nitrogens is 4. The smallest absolute Gasteiger partial charge is 0.259 e. The van der Waals surface area contributed by atoms with Crippen LogP contribution in [0.1, 0.15) is 60.3 Å². The number of ether oxygens (including phenoxy) is 1. The number of carbonyl (C=O) groups is 1. The molecule has 10 heteroatoms. The minimum absolute atomic E-state index is 0.0338. The van der Waals surface area contributed by atoms with Gasteiger partial charge in [-0.2, -0.15) is 5.10 Å². The van der Waals surface area contributed by atoms with Gasteiger partial charge >= 0.3 is 0 Å². The molecule has 10 nitrogen and oxygen atoms in total. The van der Waals surface area contributed by atoms with Gasteiger partial charge in [-0.05, 0) is 69.4 Å². The zero-order chi connectivity index (χ0) is 28.8. The fraction of sp³-hybridized carbons (Fsp3) is 0.500. The summed E-state index contributed by atoms with van der Waals surface area (Å²) in [6, 6.07) is 10.6. The molecule has 0 radical (unpaired) electrons. The molecule has 3 aliphatic rings. The number of H-pyrrole nitrogens is 1. The Hall–Kier alpha value is -3.76. The maximum atomic E-state index is 14.0. The van der Waals surface area contributed by atoms with Crippen LogP contribution in [0.25, 0.3) is 21.8 Å². The van der Waals surface area contributed by atoms with Gasteiger partial charge in [-0.25, -0.2) is 4.98 Å². The average Bonchev–Trinajstić information content (AvgIpc) is 3.70. The molecule has 220 valence electrons. The second kappa shape index (κ2) is 11.1. The Morgan fingerprint density at radius 2 is 1.88 bits per heavy atom. The Bertz CT molecular complexity index is 1680. The minimum Gasteiger partial charge on any atom is -0.381 e. The molecule has 4 aromatic rings. The lowest BCUT2D eigenvalue weighted by atomic mass is 10.0. The monoisotopic (exact) mass is 569 g/mol. The highest BCUT2D eigenvalue weighted by molar-refractivity contribution is 6.07. The van der Waals surface area contributed by atoms with Crippen molar-refractivity contribution in [1.29, 1.82) is 0 Å². The van der Waals surface area contributed by atoms with Gasteiger partial charge in [0.1, 0.15) is 5.82 Å². The number of fused-ring (bicyclic) bond motifs is 3. The molecule has 3 aliphatic heterocycles. The number of nitrogens with one attached hydrogen (secondary N) is 1. The molecule has 3 aromatic heterocycles. The van der Waals surface area contributed by atoms with E-state index in [9.17, 15) is 9.59 Å². The van der Waals surface area contributed by atoms with E-state index in [0.717, 1.165) is 72.5 Å². The summed E-state index contributed by atoms with van der Waals surface area (Å²) < 4.78 is 7.54. The fourth-order valence-electron chi connectivity index (χ4n) is 6.90. The van der Waals surface area contributed by atoms with Crippen molar-refractivity contribution in [2.75, 3.05) is 50.8 Å². The quantitative estimate of drug-likeness (QED) is 0.390. The molecule has 42 heavy (non-hydrogen) atoms. The molecule has 6 heterocycles. The first kappa shape index (κ1) is 27.1. The lowest BCUT2D eigenvalue weighted by molar-refractivity contribution is 0.0492. The van der Waals surface area contributed by atoms with Crippen molar-refractivity contribution < 1.29 is 9.53 Å². The third kappa shape index (κ3) is 4.96. The average molecular weight is 570 g/mol. The van der Waals surface area contributed by atoms with Crippen LogP contribution in [0.2, 0.25) is 0 Å². The van der Waals surface area contributed by atoms with Gasteiger partial charge in [0.05, 0.1) is 34.4 Å². The van der Waals surface area contributed by atoms with E-state index >= 15 is 0 Å². The molecule has 0 spiro atoms. The summed E-state index contributed by atoms with van der Waals surface area (Å²) in [5, 5.41) is 6.05. The molecular formula is C32H39N7O3. The van der Waals surface area contributed by atoms with Crippen LogP contribution in [0.15, 0.2) is 41.3 Å². The topological polar surface area (TPSA) is 99.6 Å². The fourth-order valence-corrected chi connectivity index (χ4v) is 6.90. The van der Waals surface area contributed by atoms with Crippen LogP contribution < -0.4 is 10.5 Å². The molecule has 3 saturated heterocycles. The Kier molecular flexibility index (Phi) is 7.19. The summed E-state index contributed by atoms with van der Waals surface area (Å²) in [5.74, 6) is 1.11. The molecule has 3 fully saturated rings. The number of pyridine rings is 2. The van der Waals surface area contributed by atoms with E-state index < -0.39 is 0 Å². The number of aryl methyl sites for hydroxylation is 1. The molecule has 0 aliphatic carbocycles. The molecular weight excluding hydrogens is 530 g/mol. The maximum absolute atomic E-state index is 14.0. The number of aromatic amines is 1. The van der Waals surface area contributed by atoms with E-state index in [1.165, 1.54) is 12.8 Å². The highest BCUT2D eigenvalue weighted by Crippen LogP contribution is 2.30. The van der Waals surface area contributed by atoms with Gasteiger partial charge in [0.25, 0.3) is 11.5 Å². The molecule has 0 unspecified atom stereocenters. The Balaban J connectivity index is 1.13. The molecule has 0 saturated carbocycles. The van der Waals surface area contributed by atoms with Crippen molar-refractivity contribution in [3.8, 4) is 0 Å². The second-order valence-corrected chi connectivity index (χ2v) is 12.1. The van der Waals surface area contributed by atoms with Crippen molar-refractivity contribution in [3.63, 3.8) is 0 Å². The van der Waals surface area contributed by atoms with Gasteiger partial charge in [0, 0.05) is 69.5 Å². The first-order valence-electron chi connectivity index (χ1n) is 15.3. The van der Waals surface area contributed by atoms with Gasteiger partial charge in [-0.1, -0.05) is 6.07 Å². The SMILES string of the molecule is Cc1cc2[nH]c(=O)c3cnn(C4CCOCC4)c3c2cc1C(=O)N1CCN(Cc2cccc(N3CCCC3)n2)[C@@H](C)C1. The number of hydrogen-bond donors (Lipinski definition) is 1. The van der Waals surface area contributed by atoms with Crippen molar-refractivity contribution in [2.45, 2.75) is 58.2 Å². The zero-order valence-corrected chi connectivity index (χ0v) is 24.5. The third-order valence-corrected chi connectivity index (χ3v) is 9.31. The van der Waals surface area contributed by atoms with E-state index in [-0.39, 0.29) is 23.6 Å². The Morgan fingerprint density at radius 3 is 2.67 bits per heavy atom. The predicted molar refractivity (Wildman–Crippen MR) is 163 cm³/mol. The second-order valence-electron chi connectivity index (χ2n) is 12.1. The summed E-state index contributed by atoms with van der Waals surface area (Å²) in [5.41, 5.74) is 4.00. The summed E-state index contributed by atoms with van der Waals surface area (Å²) in [6.45, 7) is 10.6. The first-order valence-corrected chi connectivity index (χ1v) is 15.3. The largest absolute Gasteiger partial charge is 0.381 e. The molecule has 0 bridgehead atoms. The number of hydrogen-bond acceptors (Lipinski definition) is 7. The number of anilines is 1. The molecule has 1 aromatic carbocycles. The summed E-state index contributed by atoms with van der Waals surface area (Å²) in [7, 11) is 0. The van der Waals surface area contributed by atoms with Crippen LogP contribution in [0, 0.1) is 6.92 Å². The Labute approximate surface area is 245 Å². The summed E-state index contributed by atoms with van der Waals surface area (Å²) in [4.78, 5) is 41.6. The van der Waals surface area contributed by atoms with E-state index in [0.29, 0.717) is 37.3 Å². The van der Waals surface area contributed by atoms with Crippen LogP contribution in [0.3, 0.4) is 0 Å². The zero-order valence-electron chi connectivity index (χ0n) is 24.5. The molecule has 7 rings (SSSR count). The normalized spacial score (nSPS) is 20.7.